The molecule has 31 heavy (non-hydrogen) atoms. The van der Waals surface area contributed by atoms with Crippen molar-refractivity contribution in [3.05, 3.63) is 54.1 Å². The summed E-state index contributed by atoms with van der Waals surface area (Å²) in [5.41, 5.74) is 2.08. The highest BCUT2D eigenvalue weighted by atomic mass is 16.5. The largest absolute Gasteiger partial charge is 0.494 e. The van der Waals surface area contributed by atoms with Gasteiger partial charge in [-0.1, -0.05) is 39.5 Å². The van der Waals surface area contributed by atoms with E-state index in [0.29, 0.717) is 30.6 Å². The lowest BCUT2D eigenvalue weighted by atomic mass is 10.1. The standard InChI is InChI=1S/C25H30N2O4/c1-3-5-7-8-18-30-25(28)21-11-9-19(10-12-21)23-26-27-24(31-23)20-13-15-22(16-14-20)29-17-6-4-2/h9-16H,3-8,17-18H2,1-2H3. The van der Waals surface area contributed by atoms with E-state index >= 15 is 0 Å². The van der Waals surface area contributed by atoms with Crippen LogP contribution in [0.4, 0.5) is 0 Å². The Labute approximate surface area is 183 Å². The van der Waals surface area contributed by atoms with Crippen LogP contribution in [0.1, 0.15) is 62.7 Å². The lowest BCUT2D eigenvalue weighted by Crippen LogP contribution is -2.06. The van der Waals surface area contributed by atoms with Gasteiger partial charge in [0, 0.05) is 11.1 Å². The number of hydrogen-bond acceptors (Lipinski definition) is 6. The van der Waals surface area contributed by atoms with Crippen LogP contribution in [0.3, 0.4) is 0 Å². The highest BCUT2D eigenvalue weighted by Gasteiger charge is 2.12. The topological polar surface area (TPSA) is 74.5 Å². The molecule has 1 heterocycles. The van der Waals surface area contributed by atoms with Crippen molar-refractivity contribution in [1.29, 1.82) is 0 Å². The zero-order chi connectivity index (χ0) is 21.9. The number of aromatic nitrogens is 2. The summed E-state index contributed by atoms with van der Waals surface area (Å²) in [7, 11) is 0. The fraction of sp³-hybridized carbons (Fsp3) is 0.400. The number of esters is 1. The van der Waals surface area contributed by atoms with Gasteiger partial charge in [-0.25, -0.2) is 4.79 Å². The maximum absolute atomic E-state index is 12.1. The first-order valence-corrected chi connectivity index (χ1v) is 11.1. The maximum atomic E-state index is 12.1. The lowest BCUT2D eigenvalue weighted by molar-refractivity contribution is 0.0498. The SMILES string of the molecule is CCCCCCOC(=O)c1ccc(-c2nnc(-c3ccc(OCCCC)cc3)o2)cc1. The Kier molecular flexibility index (Phi) is 8.64. The molecule has 0 N–H and O–H groups in total. The summed E-state index contributed by atoms with van der Waals surface area (Å²) < 4.78 is 16.8. The van der Waals surface area contributed by atoms with Gasteiger partial charge in [-0.3, -0.25) is 0 Å². The Morgan fingerprint density at radius 1 is 0.774 bits per heavy atom. The molecule has 2 aromatic carbocycles. The van der Waals surface area contributed by atoms with Gasteiger partial charge in [0.25, 0.3) is 0 Å². The summed E-state index contributed by atoms with van der Waals surface area (Å²) in [5.74, 6) is 1.35. The van der Waals surface area contributed by atoms with Gasteiger partial charge in [0.1, 0.15) is 5.75 Å². The molecule has 0 radical (unpaired) electrons. The highest BCUT2D eigenvalue weighted by Crippen LogP contribution is 2.26. The third kappa shape index (κ3) is 6.67. The molecule has 164 valence electrons. The van der Waals surface area contributed by atoms with Crippen LogP contribution in [0, 0.1) is 0 Å². The van der Waals surface area contributed by atoms with Crippen molar-refractivity contribution in [3.8, 4) is 28.7 Å². The van der Waals surface area contributed by atoms with E-state index < -0.39 is 0 Å². The normalized spacial score (nSPS) is 10.8. The molecule has 0 aliphatic heterocycles. The maximum Gasteiger partial charge on any atom is 0.338 e. The summed E-state index contributed by atoms with van der Waals surface area (Å²) in [6.45, 7) is 5.45. The van der Waals surface area contributed by atoms with E-state index in [1.165, 1.54) is 0 Å². The Morgan fingerprint density at radius 3 is 2.00 bits per heavy atom. The van der Waals surface area contributed by atoms with Crippen molar-refractivity contribution in [2.75, 3.05) is 13.2 Å². The monoisotopic (exact) mass is 422 g/mol. The van der Waals surface area contributed by atoms with Crippen LogP contribution in [-0.4, -0.2) is 29.4 Å². The van der Waals surface area contributed by atoms with Crippen LogP contribution in [0.15, 0.2) is 52.9 Å². The average Bonchev–Trinajstić information content (AvgIpc) is 3.30. The summed E-state index contributed by atoms with van der Waals surface area (Å²) >= 11 is 0. The zero-order valence-corrected chi connectivity index (χ0v) is 18.3. The molecule has 0 amide bonds. The minimum absolute atomic E-state index is 0.310. The van der Waals surface area contributed by atoms with Crippen LogP contribution >= 0.6 is 0 Å². The summed E-state index contributed by atoms with van der Waals surface area (Å²) in [6.07, 6.45) is 6.43. The van der Waals surface area contributed by atoms with Crippen molar-refractivity contribution in [3.63, 3.8) is 0 Å². The average molecular weight is 423 g/mol. The molecule has 3 rings (SSSR count). The van der Waals surface area contributed by atoms with Gasteiger partial charge < -0.3 is 13.9 Å². The number of rotatable bonds is 12. The predicted molar refractivity (Wildman–Crippen MR) is 120 cm³/mol. The number of benzene rings is 2. The van der Waals surface area contributed by atoms with E-state index in [-0.39, 0.29) is 5.97 Å². The predicted octanol–water partition coefficient (Wildman–Crippen LogP) is 6.32. The number of carbonyl (C=O) groups excluding carboxylic acids is 1. The molecule has 0 spiro atoms. The Balaban J connectivity index is 1.57. The van der Waals surface area contributed by atoms with Gasteiger partial charge >= 0.3 is 5.97 Å². The molecule has 0 atom stereocenters. The molecule has 0 aliphatic rings. The molecule has 0 saturated carbocycles. The fourth-order valence-electron chi connectivity index (χ4n) is 3.01. The van der Waals surface area contributed by atoms with Crippen LogP contribution in [0.25, 0.3) is 22.9 Å². The second-order valence-electron chi connectivity index (χ2n) is 7.41. The van der Waals surface area contributed by atoms with Crippen molar-refractivity contribution < 1.29 is 18.7 Å². The Hall–Kier alpha value is -3.15. The number of carbonyl (C=O) groups is 1. The molecule has 3 aromatic rings. The van der Waals surface area contributed by atoms with E-state index in [1.54, 1.807) is 24.3 Å². The van der Waals surface area contributed by atoms with Gasteiger partial charge in [-0.2, -0.15) is 0 Å². The van der Waals surface area contributed by atoms with Crippen LogP contribution < -0.4 is 4.74 Å². The van der Waals surface area contributed by atoms with Gasteiger partial charge in [0.2, 0.25) is 11.8 Å². The molecule has 0 aliphatic carbocycles. The molecule has 0 fully saturated rings. The van der Waals surface area contributed by atoms with E-state index in [0.717, 1.165) is 55.4 Å². The van der Waals surface area contributed by atoms with Crippen LogP contribution in [-0.2, 0) is 4.74 Å². The van der Waals surface area contributed by atoms with E-state index in [9.17, 15) is 4.79 Å². The van der Waals surface area contributed by atoms with Crippen molar-refractivity contribution in [2.45, 2.75) is 52.4 Å². The molecule has 0 bridgehead atoms. The molecular formula is C25H30N2O4. The number of hydrogen-bond donors (Lipinski definition) is 0. The molecule has 0 saturated heterocycles. The van der Waals surface area contributed by atoms with Crippen molar-refractivity contribution in [1.82, 2.24) is 10.2 Å². The van der Waals surface area contributed by atoms with Gasteiger partial charge in [0.15, 0.2) is 0 Å². The summed E-state index contributed by atoms with van der Waals surface area (Å²) in [6, 6.07) is 14.6. The minimum atomic E-state index is -0.310. The van der Waals surface area contributed by atoms with Gasteiger partial charge in [-0.15, -0.1) is 10.2 Å². The number of ether oxygens (including phenoxy) is 2. The molecule has 6 nitrogen and oxygen atoms in total. The third-order valence-electron chi connectivity index (χ3n) is 4.89. The van der Waals surface area contributed by atoms with Gasteiger partial charge in [0.05, 0.1) is 18.8 Å². The van der Waals surface area contributed by atoms with E-state index in [2.05, 4.69) is 24.0 Å². The van der Waals surface area contributed by atoms with Crippen LogP contribution in [0.2, 0.25) is 0 Å². The van der Waals surface area contributed by atoms with Crippen molar-refractivity contribution in [2.24, 2.45) is 0 Å². The van der Waals surface area contributed by atoms with Crippen molar-refractivity contribution >= 4 is 5.97 Å². The molecule has 0 unspecified atom stereocenters. The first kappa shape index (κ1) is 22.5. The molecule has 1 aromatic heterocycles. The smallest absolute Gasteiger partial charge is 0.338 e. The Bertz CT molecular complexity index is 933. The number of nitrogens with zero attached hydrogens (tertiary/aromatic N) is 2. The Morgan fingerprint density at radius 2 is 1.39 bits per heavy atom. The van der Waals surface area contributed by atoms with Gasteiger partial charge in [-0.05, 0) is 61.4 Å². The minimum Gasteiger partial charge on any atom is -0.494 e. The second kappa shape index (κ2) is 11.9. The summed E-state index contributed by atoms with van der Waals surface area (Å²) in [5, 5.41) is 8.28. The quantitative estimate of drug-likeness (QED) is 0.251. The van der Waals surface area contributed by atoms with E-state index in [4.69, 9.17) is 13.9 Å². The molecule has 6 heteroatoms. The summed E-state index contributed by atoms with van der Waals surface area (Å²) in [4.78, 5) is 12.1. The second-order valence-corrected chi connectivity index (χ2v) is 7.41. The lowest BCUT2D eigenvalue weighted by Gasteiger charge is -2.05. The highest BCUT2D eigenvalue weighted by molar-refractivity contribution is 5.89. The third-order valence-corrected chi connectivity index (χ3v) is 4.89. The number of unbranched alkanes of at least 4 members (excludes halogenated alkanes) is 4. The first-order chi connectivity index (χ1) is 15.2. The zero-order valence-electron chi connectivity index (χ0n) is 18.3. The van der Waals surface area contributed by atoms with Crippen LogP contribution in [0.5, 0.6) is 5.75 Å². The molecular weight excluding hydrogens is 392 g/mol. The fourth-order valence-corrected chi connectivity index (χ4v) is 3.01. The van der Waals surface area contributed by atoms with E-state index in [1.807, 2.05) is 24.3 Å². The first-order valence-electron chi connectivity index (χ1n) is 11.1.